The number of rotatable bonds is 1. The Morgan fingerprint density at radius 2 is 1.95 bits per heavy atom. The number of benzene rings is 1. The average molecular weight is 271 g/mol. The molecule has 3 rings (SSSR count). The minimum absolute atomic E-state index is 0.140. The minimum Gasteiger partial charge on any atom is -0.493 e. The Morgan fingerprint density at radius 3 is 2.68 bits per heavy atom. The molecule has 0 bridgehead atoms. The van der Waals surface area contributed by atoms with Gasteiger partial charge in [0.2, 0.25) is 5.88 Å². The normalized spacial score (nSPS) is 15.8. The predicted octanol–water partition coefficient (Wildman–Crippen LogP) is 2.28. The maximum absolute atomic E-state index is 12.0. The Balaban J connectivity index is 2.19. The van der Waals surface area contributed by atoms with Crippen LogP contribution in [0.15, 0.2) is 35.1 Å². The van der Waals surface area contributed by atoms with E-state index in [9.17, 15) is 14.7 Å². The van der Waals surface area contributed by atoms with Crippen LogP contribution >= 0.6 is 11.3 Å². The van der Waals surface area contributed by atoms with Crippen molar-refractivity contribution in [1.29, 1.82) is 0 Å². The van der Waals surface area contributed by atoms with Crippen LogP contribution in [0.4, 0.5) is 0 Å². The zero-order valence-electron chi connectivity index (χ0n) is 9.71. The number of ketones is 1. The fourth-order valence-electron chi connectivity index (χ4n) is 1.99. The molecule has 0 fully saturated rings. The standard InChI is InChI=1S/C14H9NO3S/c16-11-6-5-8-3-1-2-4-9(8)10(11)7-12-13(17)15-14(18)19-12/h1-7,17H,(H,15,18)/b10-7+. The number of H-pyrrole nitrogens is 1. The molecule has 0 radical (unpaired) electrons. The van der Waals surface area contributed by atoms with Gasteiger partial charge in [0.05, 0.1) is 4.88 Å². The summed E-state index contributed by atoms with van der Waals surface area (Å²) in [7, 11) is 0. The first-order valence-corrected chi connectivity index (χ1v) is 6.42. The maximum atomic E-state index is 12.0. The number of aromatic hydroxyl groups is 1. The average Bonchev–Trinajstić information content (AvgIpc) is 2.71. The van der Waals surface area contributed by atoms with Crippen LogP contribution in [0.25, 0.3) is 17.7 Å². The van der Waals surface area contributed by atoms with Crippen LogP contribution in [0.1, 0.15) is 16.0 Å². The van der Waals surface area contributed by atoms with E-state index in [1.54, 1.807) is 12.2 Å². The van der Waals surface area contributed by atoms with Gasteiger partial charge in [0.15, 0.2) is 5.78 Å². The lowest BCUT2D eigenvalue weighted by molar-refractivity contribution is -0.109. The van der Waals surface area contributed by atoms with Crippen molar-refractivity contribution in [2.75, 3.05) is 0 Å². The molecule has 2 aromatic rings. The number of nitrogens with one attached hydrogen (secondary N) is 1. The minimum atomic E-state index is -0.351. The van der Waals surface area contributed by atoms with Crippen molar-refractivity contribution in [2.24, 2.45) is 0 Å². The van der Waals surface area contributed by atoms with Crippen LogP contribution < -0.4 is 4.87 Å². The second-order valence-corrected chi connectivity index (χ2v) is 5.08. The van der Waals surface area contributed by atoms with E-state index in [2.05, 4.69) is 4.98 Å². The number of aromatic amines is 1. The number of fused-ring (bicyclic) bond motifs is 1. The van der Waals surface area contributed by atoms with Crippen molar-refractivity contribution in [3.05, 3.63) is 56.0 Å². The fraction of sp³-hybridized carbons (Fsp3) is 0. The van der Waals surface area contributed by atoms with Crippen molar-refractivity contribution >= 4 is 34.8 Å². The third kappa shape index (κ3) is 2.04. The molecule has 5 heteroatoms. The lowest BCUT2D eigenvalue weighted by Gasteiger charge is -2.12. The number of carbonyl (C=O) groups is 1. The molecular weight excluding hydrogens is 262 g/mol. The summed E-state index contributed by atoms with van der Waals surface area (Å²) in [6, 6.07) is 7.49. The van der Waals surface area contributed by atoms with Gasteiger partial charge in [-0.1, -0.05) is 41.7 Å². The van der Waals surface area contributed by atoms with Gasteiger partial charge in [-0.15, -0.1) is 0 Å². The summed E-state index contributed by atoms with van der Waals surface area (Å²) in [4.78, 5) is 25.4. The zero-order valence-corrected chi connectivity index (χ0v) is 10.5. The Bertz CT molecular complexity index is 780. The summed E-state index contributed by atoms with van der Waals surface area (Å²) in [6.07, 6.45) is 4.79. The highest BCUT2D eigenvalue weighted by molar-refractivity contribution is 7.10. The topological polar surface area (TPSA) is 70.2 Å². The van der Waals surface area contributed by atoms with E-state index in [1.807, 2.05) is 24.3 Å². The summed E-state index contributed by atoms with van der Waals surface area (Å²) in [5.74, 6) is -0.346. The molecule has 1 aromatic heterocycles. The molecule has 19 heavy (non-hydrogen) atoms. The molecule has 1 aliphatic carbocycles. The van der Waals surface area contributed by atoms with E-state index in [1.165, 1.54) is 6.08 Å². The molecule has 1 heterocycles. The van der Waals surface area contributed by atoms with Crippen molar-refractivity contribution in [3.8, 4) is 5.88 Å². The number of allylic oxidation sites excluding steroid dienone is 2. The highest BCUT2D eigenvalue weighted by Gasteiger charge is 2.18. The largest absolute Gasteiger partial charge is 0.493 e. The molecule has 0 atom stereocenters. The lowest BCUT2D eigenvalue weighted by atomic mass is 9.91. The quantitative estimate of drug-likeness (QED) is 0.782. The summed E-state index contributed by atoms with van der Waals surface area (Å²) >= 11 is 0.871. The summed E-state index contributed by atoms with van der Waals surface area (Å²) in [6.45, 7) is 0. The fourth-order valence-corrected chi connectivity index (χ4v) is 2.66. The highest BCUT2D eigenvalue weighted by atomic mass is 32.1. The van der Waals surface area contributed by atoms with Crippen molar-refractivity contribution in [1.82, 2.24) is 4.98 Å². The van der Waals surface area contributed by atoms with E-state index in [-0.39, 0.29) is 16.5 Å². The molecule has 0 aliphatic heterocycles. The molecule has 1 aromatic carbocycles. The maximum Gasteiger partial charge on any atom is 0.307 e. The first-order chi connectivity index (χ1) is 9.15. The van der Waals surface area contributed by atoms with Gasteiger partial charge in [0.1, 0.15) is 0 Å². The first kappa shape index (κ1) is 11.7. The third-order valence-corrected chi connectivity index (χ3v) is 3.68. The molecule has 1 aliphatic rings. The second kappa shape index (κ2) is 4.37. The Labute approximate surface area is 112 Å². The SMILES string of the molecule is O=C1C=Cc2ccccc2/C1=C\c1sc(=O)[nH]c1O. The van der Waals surface area contributed by atoms with Crippen LogP contribution in [0.2, 0.25) is 0 Å². The van der Waals surface area contributed by atoms with Gasteiger partial charge < -0.3 is 5.11 Å². The van der Waals surface area contributed by atoms with E-state index >= 15 is 0 Å². The molecule has 94 valence electrons. The zero-order chi connectivity index (χ0) is 13.4. The van der Waals surface area contributed by atoms with Gasteiger partial charge >= 0.3 is 4.87 Å². The van der Waals surface area contributed by atoms with Crippen LogP contribution in [0, 0.1) is 0 Å². The number of aromatic nitrogens is 1. The number of hydrogen-bond acceptors (Lipinski definition) is 4. The Morgan fingerprint density at radius 1 is 1.16 bits per heavy atom. The van der Waals surface area contributed by atoms with E-state index in [4.69, 9.17) is 0 Å². The van der Waals surface area contributed by atoms with Gasteiger partial charge in [0.25, 0.3) is 0 Å². The first-order valence-electron chi connectivity index (χ1n) is 5.61. The smallest absolute Gasteiger partial charge is 0.307 e. The predicted molar refractivity (Wildman–Crippen MR) is 75.0 cm³/mol. The van der Waals surface area contributed by atoms with Crippen LogP contribution in [-0.2, 0) is 4.79 Å². The van der Waals surface area contributed by atoms with E-state index < -0.39 is 0 Å². The van der Waals surface area contributed by atoms with Crippen molar-refractivity contribution in [3.63, 3.8) is 0 Å². The molecule has 0 saturated heterocycles. The van der Waals surface area contributed by atoms with Crippen LogP contribution in [0.3, 0.4) is 0 Å². The molecule has 2 N–H and O–H groups in total. The van der Waals surface area contributed by atoms with Crippen molar-refractivity contribution in [2.45, 2.75) is 0 Å². The van der Waals surface area contributed by atoms with Gasteiger partial charge in [-0.25, -0.2) is 0 Å². The second-order valence-electron chi connectivity index (χ2n) is 4.07. The van der Waals surface area contributed by atoms with E-state index in [0.717, 1.165) is 22.5 Å². The Hall–Kier alpha value is -2.40. The number of carbonyl (C=O) groups excluding carboxylic acids is 1. The van der Waals surface area contributed by atoms with Crippen LogP contribution in [0.5, 0.6) is 5.88 Å². The van der Waals surface area contributed by atoms with Gasteiger partial charge in [-0.2, -0.15) is 0 Å². The number of thiazole rings is 1. The van der Waals surface area contributed by atoms with Crippen molar-refractivity contribution < 1.29 is 9.90 Å². The highest BCUT2D eigenvalue weighted by Crippen LogP contribution is 2.30. The summed E-state index contributed by atoms with van der Waals surface area (Å²) in [5.41, 5.74) is 2.22. The van der Waals surface area contributed by atoms with Gasteiger partial charge in [-0.05, 0) is 23.3 Å². The molecule has 0 unspecified atom stereocenters. The lowest BCUT2D eigenvalue weighted by Crippen LogP contribution is -2.04. The van der Waals surface area contributed by atoms with Crippen LogP contribution in [-0.4, -0.2) is 15.9 Å². The van der Waals surface area contributed by atoms with Gasteiger partial charge in [0, 0.05) is 5.57 Å². The molecule has 0 amide bonds. The molecule has 4 nitrogen and oxygen atoms in total. The Kier molecular flexibility index (Phi) is 2.68. The molecule has 0 spiro atoms. The summed E-state index contributed by atoms with van der Waals surface area (Å²) < 4.78 is 0. The molecular formula is C14H9NO3S. The number of hydrogen-bond donors (Lipinski definition) is 2. The third-order valence-electron chi connectivity index (χ3n) is 2.86. The molecule has 0 saturated carbocycles. The monoisotopic (exact) mass is 271 g/mol. The van der Waals surface area contributed by atoms with Gasteiger partial charge in [-0.3, -0.25) is 14.6 Å². The van der Waals surface area contributed by atoms with E-state index in [0.29, 0.717) is 10.5 Å². The summed E-state index contributed by atoms with van der Waals surface area (Å²) in [5, 5.41) is 9.58.